The summed E-state index contributed by atoms with van der Waals surface area (Å²) >= 11 is 0. The van der Waals surface area contributed by atoms with Crippen molar-refractivity contribution in [2.24, 2.45) is 0 Å². The van der Waals surface area contributed by atoms with E-state index in [2.05, 4.69) is 25.8 Å². The average molecular weight is 251 g/mol. The average Bonchev–Trinajstić information content (AvgIpc) is 2.81. The van der Waals surface area contributed by atoms with Crippen LogP contribution in [0.3, 0.4) is 0 Å². The van der Waals surface area contributed by atoms with E-state index in [0.29, 0.717) is 19.4 Å². The van der Waals surface area contributed by atoms with E-state index in [4.69, 9.17) is 0 Å². The van der Waals surface area contributed by atoms with E-state index < -0.39 is 0 Å². The number of carbonyl (C=O) groups excluding carboxylic acids is 2. The summed E-state index contributed by atoms with van der Waals surface area (Å²) in [4.78, 5) is 26.9. The monoisotopic (exact) mass is 251 g/mol. The molecule has 0 saturated carbocycles. The van der Waals surface area contributed by atoms with Gasteiger partial charge in [-0.15, -0.1) is 5.10 Å². The van der Waals surface area contributed by atoms with Crippen molar-refractivity contribution in [3.05, 3.63) is 11.6 Å². The second kappa shape index (κ2) is 5.61. The van der Waals surface area contributed by atoms with Crippen LogP contribution in [0.25, 0.3) is 0 Å². The smallest absolute Gasteiger partial charge is 0.291 e. The minimum Gasteiger partial charge on any atom is -0.354 e. The Kier molecular flexibility index (Phi) is 3.91. The lowest BCUT2D eigenvalue weighted by atomic mass is 10.1. The Morgan fingerprint density at radius 3 is 3.06 bits per heavy atom. The van der Waals surface area contributed by atoms with Gasteiger partial charge in [0.15, 0.2) is 0 Å². The Hall–Kier alpha value is -1.92. The van der Waals surface area contributed by atoms with Gasteiger partial charge in [0.25, 0.3) is 5.91 Å². The van der Waals surface area contributed by atoms with E-state index in [1.54, 1.807) is 0 Å². The third-order valence-corrected chi connectivity index (χ3v) is 2.82. The molecule has 1 aliphatic rings. The molecule has 0 spiro atoms. The summed E-state index contributed by atoms with van der Waals surface area (Å²) < 4.78 is 0. The fraction of sp³-hybridized carbons (Fsp3) is 0.636. The van der Waals surface area contributed by atoms with Crippen LogP contribution in [-0.4, -0.2) is 39.6 Å². The van der Waals surface area contributed by atoms with Gasteiger partial charge in [0.2, 0.25) is 11.7 Å². The van der Waals surface area contributed by atoms with E-state index in [1.807, 2.05) is 6.92 Å². The number of amides is 2. The number of aromatic amines is 1. The molecule has 2 amide bonds. The third-order valence-electron chi connectivity index (χ3n) is 2.82. The summed E-state index contributed by atoms with van der Waals surface area (Å²) in [5.74, 6) is 0.619. The lowest BCUT2D eigenvalue weighted by Gasteiger charge is -2.22. The van der Waals surface area contributed by atoms with Crippen LogP contribution in [0.1, 0.15) is 42.6 Å². The summed E-state index contributed by atoms with van der Waals surface area (Å²) in [6.07, 6.45) is 2.83. The van der Waals surface area contributed by atoms with Crippen molar-refractivity contribution in [2.45, 2.75) is 38.6 Å². The van der Waals surface area contributed by atoms with Crippen molar-refractivity contribution >= 4 is 11.8 Å². The van der Waals surface area contributed by atoms with Crippen molar-refractivity contribution in [3.63, 3.8) is 0 Å². The van der Waals surface area contributed by atoms with Gasteiger partial charge in [-0.25, -0.2) is 4.98 Å². The number of hydrogen-bond acceptors (Lipinski definition) is 4. The first-order valence-corrected chi connectivity index (χ1v) is 6.18. The molecule has 1 unspecified atom stereocenters. The second-order valence-corrected chi connectivity index (χ2v) is 4.37. The fourth-order valence-electron chi connectivity index (χ4n) is 1.85. The van der Waals surface area contributed by atoms with Crippen molar-refractivity contribution in [2.75, 3.05) is 6.54 Å². The molecule has 7 heteroatoms. The molecular formula is C11H17N5O2. The number of carbonyl (C=O) groups is 2. The van der Waals surface area contributed by atoms with Crippen LogP contribution in [0.4, 0.5) is 0 Å². The van der Waals surface area contributed by atoms with Gasteiger partial charge in [-0.3, -0.25) is 14.7 Å². The van der Waals surface area contributed by atoms with Crippen LogP contribution in [0.15, 0.2) is 0 Å². The van der Waals surface area contributed by atoms with Gasteiger partial charge in [-0.2, -0.15) is 0 Å². The van der Waals surface area contributed by atoms with E-state index in [1.165, 1.54) is 0 Å². The molecule has 0 radical (unpaired) electrons. The first kappa shape index (κ1) is 12.5. The molecule has 2 heterocycles. The second-order valence-electron chi connectivity index (χ2n) is 4.37. The van der Waals surface area contributed by atoms with Gasteiger partial charge < -0.3 is 10.6 Å². The van der Waals surface area contributed by atoms with E-state index in [0.717, 1.165) is 18.7 Å². The Bertz CT molecular complexity index is 432. The Morgan fingerprint density at radius 2 is 2.39 bits per heavy atom. The summed E-state index contributed by atoms with van der Waals surface area (Å²) in [6.45, 7) is 2.50. The fourth-order valence-corrected chi connectivity index (χ4v) is 1.85. The van der Waals surface area contributed by atoms with Crippen LogP contribution in [0.5, 0.6) is 0 Å². The molecule has 1 aliphatic heterocycles. The quantitative estimate of drug-likeness (QED) is 0.688. The summed E-state index contributed by atoms with van der Waals surface area (Å²) in [5.41, 5.74) is 0. The summed E-state index contributed by atoms with van der Waals surface area (Å²) in [7, 11) is 0. The van der Waals surface area contributed by atoms with E-state index >= 15 is 0 Å². The zero-order chi connectivity index (χ0) is 13.0. The SMILES string of the molecule is CCCc1nc(C(=O)NC2CCC(=O)NC2)n[nH]1. The van der Waals surface area contributed by atoms with Crippen LogP contribution in [-0.2, 0) is 11.2 Å². The molecule has 18 heavy (non-hydrogen) atoms. The first-order valence-electron chi connectivity index (χ1n) is 6.18. The molecular weight excluding hydrogens is 234 g/mol. The summed E-state index contributed by atoms with van der Waals surface area (Å²) in [5, 5.41) is 12.1. The number of aryl methyl sites for hydroxylation is 1. The number of hydrogen-bond donors (Lipinski definition) is 3. The first-order chi connectivity index (χ1) is 8.69. The highest BCUT2D eigenvalue weighted by Gasteiger charge is 2.21. The highest BCUT2D eigenvalue weighted by atomic mass is 16.2. The number of nitrogens with zero attached hydrogens (tertiary/aromatic N) is 2. The zero-order valence-electron chi connectivity index (χ0n) is 10.3. The highest BCUT2D eigenvalue weighted by molar-refractivity contribution is 5.90. The lowest BCUT2D eigenvalue weighted by Crippen LogP contribution is -2.47. The molecule has 1 aromatic heterocycles. The minimum atomic E-state index is -0.297. The molecule has 98 valence electrons. The van der Waals surface area contributed by atoms with Gasteiger partial charge in [0.1, 0.15) is 5.82 Å². The maximum Gasteiger partial charge on any atom is 0.291 e. The van der Waals surface area contributed by atoms with Crippen molar-refractivity contribution in [1.29, 1.82) is 0 Å². The number of rotatable bonds is 4. The maximum absolute atomic E-state index is 11.8. The zero-order valence-corrected chi connectivity index (χ0v) is 10.3. The minimum absolute atomic E-state index is 0.0311. The summed E-state index contributed by atoms with van der Waals surface area (Å²) in [6, 6.07) is -0.0386. The number of H-pyrrole nitrogens is 1. The van der Waals surface area contributed by atoms with Gasteiger partial charge >= 0.3 is 0 Å². The van der Waals surface area contributed by atoms with Gasteiger partial charge in [0.05, 0.1) is 0 Å². The van der Waals surface area contributed by atoms with Crippen LogP contribution in [0.2, 0.25) is 0 Å². The topological polar surface area (TPSA) is 99.8 Å². The van der Waals surface area contributed by atoms with E-state index in [-0.39, 0.29) is 23.7 Å². The molecule has 1 saturated heterocycles. The molecule has 1 fully saturated rings. The molecule has 3 N–H and O–H groups in total. The standard InChI is InChI=1S/C11H17N5O2/c1-2-3-8-14-10(16-15-8)11(18)13-7-4-5-9(17)12-6-7/h7H,2-6H2,1H3,(H,12,17)(H,13,18)(H,14,15,16). The molecule has 0 bridgehead atoms. The molecule has 1 atom stereocenters. The number of piperidine rings is 1. The van der Waals surface area contributed by atoms with Crippen LogP contribution < -0.4 is 10.6 Å². The van der Waals surface area contributed by atoms with E-state index in [9.17, 15) is 9.59 Å². The van der Waals surface area contributed by atoms with Gasteiger partial charge in [-0.1, -0.05) is 6.92 Å². The molecule has 0 aliphatic carbocycles. The number of aromatic nitrogens is 3. The molecule has 7 nitrogen and oxygen atoms in total. The van der Waals surface area contributed by atoms with Crippen LogP contribution >= 0.6 is 0 Å². The third kappa shape index (κ3) is 3.06. The van der Waals surface area contributed by atoms with Crippen molar-refractivity contribution in [1.82, 2.24) is 25.8 Å². The Balaban J connectivity index is 1.88. The van der Waals surface area contributed by atoms with Crippen LogP contribution in [0, 0.1) is 0 Å². The van der Waals surface area contributed by atoms with Crippen molar-refractivity contribution < 1.29 is 9.59 Å². The largest absolute Gasteiger partial charge is 0.354 e. The van der Waals surface area contributed by atoms with Gasteiger partial charge in [0, 0.05) is 25.4 Å². The lowest BCUT2D eigenvalue weighted by molar-refractivity contribution is -0.122. The molecule has 1 aromatic rings. The van der Waals surface area contributed by atoms with Gasteiger partial charge in [-0.05, 0) is 12.8 Å². The molecule has 0 aromatic carbocycles. The number of nitrogens with one attached hydrogen (secondary N) is 3. The normalized spacial score (nSPS) is 19.4. The Morgan fingerprint density at radius 1 is 1.56 bits per heavy atom. The molecule has 2 rings (SSSR count). The Labute approximate surface area is 105 Å². The predicted octanol–water partition coefficient (Wildman–Crippen LogP) is -0.234. The predicted molar refractivity (Wildman–Crippen MR) is 63.9 cm³/mol. The van der Waals surface area contributed by atoms with Crippen molar-refractivity contribution in [3.8, 4) is 0 Å². The highest BCUT2D eigenvalue weighted by Crippen LogP contribution is 2.04. The maximum atomic E-state index is 11.8.